The highest BCUT2D eigenvalue weighted by molar-refractivity contribution is 5.78. The second kappa shape index (κ2) is 5.44. The predicted molar refractivity (Wildman–Crippen MR) is 55.5 cm³/mol. The molecule has 0 heterocycles. The molecular formula is C11H13F2NO2. The van der Waals surface area contributed by atoms with Gasteiger partial charge in [-0.1, -0.05) is 12.1 Å². The molecule has 0 fully saturated rings. The summed E-state index contributed by atoms with van der Waals surface area (Å²) in [6.45, 7) is -0.572. The van der Waals surface area contributed by atoms with Crippen LogP contribution in [0, 0.1) is 0 Å². The lowest BCUT2D eigenvalue weighted by Crippen LogP contribution is -2.32. The van der Waals surface area contributed by atoms with Crippen LogP contribution in [0.15, 0.2) is 24.3 Å². The number of nitrogens with zero attached hydrogens (tertiary/aromatic N) is 1. The van der Waals surface area contributed by atoms with E-state index in [2.05, 4.69) is 0 Å². The van der Waals surface area contributed by atoms with Gasteiger partial charge < -0.3 is 10.0 Å². The molecule has 1 N–H and O–H groups in total. The Hall–Kier alpha value is -1.65. The molecule has 0 aromatic heterocycles. The van der Waals surface area contributed by atoms with Crippen LogP contribution >= 0.6 is 0 Å². The lowest BCUT2D eigenvalue weighted by molar-refractivity contribution is -0.130. The molecule has 0 aliphatic heterocycles. The monoisotopic (exact) mass is 229 g/mol. The van der Waals surface area contributed by atoms with Crippen LogP contribution < -0.4 is 0 Å². The Labute approximate surface area is 92.3 Å². The highest BCUT2D eigenvalue weighted by Crippen LogP contribution is 2.12. The maximum Gasteiger partial charge on any atom is 0.255 e. The van der Waals surface area contributed by atoms with Gasteiger partial charge >= 0.3 is 0 Å². The van der Waals surface area contributed by atoms with E-state index in [4.69, 9.17) is 5.11 Å². The van der Waals surface area contributed by atoms with Crippen molar-refractivity contribution in [2.24, 2.45) is 0 Å². The van der Waals surface area contributed by atoms with Gasteiger partial charge in [0.1, 0.15) is 5.75 Å². The van der Waals surface area contributed by atoms with E-state index in [1.54, 1.807) is 12.1 Å². The van der Waals surface area contributed by atoms with Gasteiger partial charge in [-0.05, 0) is 17.7 Å². The van der Waals surface area contributed by atoms with E-state index in [0.717, 1.165) is 4.90 Å². The molecule has 5 heteroatoms. The lowest BCUT2D eigenvalue weighted by atomic mass is 10.1. The van der Waals surface area contributed by atoms with Crippen molar-refractivity contribution < 1.29 is 18.7 Å². The summed E-state index contributed by atoms with van der Waals surface area (Å²) < 4.78 is 24.0. The Bertz CT molecular complexity index is 369. The summed E-state index contributed by atoms with van der Waals surface area (Å²) in [5.41, 5.74) is 0.603. The summed E-state index contributed by atoms with van der Waals surface area (Å²) in [7, 11) is 1.33. The fourth-order valence-corrected chi connectivity index (χ4v) is 1.28. The van der Waals surface area contributed by atoms with Gasteiger partial charge in [-0.25, -0.2) is 8.78 Å². The molecule has 0 saturated carbocycles. The number of hydrogen-bond acceptors (Lipinski definition) is 2. The Morgan fingerprint density at radius 3 is 2.75 bits per heavy atom. The molecule has 0 bridgehead atoms. The van der Waals surface area contributed by atoms with Crippen LogP contribution in [0.3, 0.4) is 0 Å². The van der Waals surface area contributed by atoms with Crippen molar-refractivity contribution in [3.63, 3.8) is 0 Å². The van der Waals surface area contributed by atoms with Crippen LogP contribution in [0.25, 0.3) is 0 Å². The summed E-state index contributed by atoms with van der Waals surface area (Å²) in [6.07, 6.45) is -2.52. The number of rotatable bonds is 4. The van der Waals surface area contributed by atoms with Crippen LogP contribution in [0.4, 0.5) is 8.78 Å². The van der Waals surface area contributed by atoms with E-state index in [0.29, 0.717) is 5.56 Å². The zero-order valence-electron chi connectivity index (χ0n) is 8.86. The number of likely N-dealkylation sites (N-methyl/N-ethyl adjacent to an activating group) is 1. The zero-order chi connectivity index (χ0) is 12.1. The van der Waals surface area contributed by atoms with Crippen LogP contribution in [0.2, 0.25) is 0 Å². The third-order valence-corrected chi connectivity index (χ3v) is 2.10. The van der Waals surface area contributed by atoms with Crippen LogP contribution in [-0.4, -0.2) is 35.9 Å². The molecule has 0 saturated heterocycles. The van der Waals surface area contributed by atoms with E-state index in [9.17, 15) is 13.6 Å². The first-order valence-electron chi connectivity index (χ1n) is 4.79. The van der Waals surface area contributed by atoms with Gasteiger partial charge in [0, 0.05) is 7.05 Å². The Kier molecular flexibility index (Phi) is 4.22. The molecule has 88 valence electrons. The SMILES string of the molecule is CN(CC(F)F)C(=O)Cc1cccc(O)c1. The molecular weight excluding hydrogens is 216 g/mol. The summed E-state index contributed by atoms with van der Waals surface area (Å²) in [6, 6.07) is 6.18. The average Bonchev–Trinajstić information content (AvgIpc) is 2.16. The average molecular weight is 229 g/mol. The van der Waals surface area contributed by atoms with Gasteiger partial charge in [0.15, 0.2) is 0 Å². The second-order valence-electron chi connectivity index (χ2n) is 3.51. The Balaban J connectivity index is 2.57. The molecule has 1 aromatic carbocycles. The number of benzene rings is 1. The van der Waals surface area contributed by atoms with Crippen LogP contribution in [0.5, 0.6) is 5.75 Å². The molecule has 0 spiro atoms. The maximum atomic E-state index is 12.0. The number of carbonyl (C=O) groups is 1. The number of hydrogen-bond donors (Lipinski definition) is 1. The normalized spacial score (nSPS) is 10.5. The molecule has 0 aliphatic rings. The highest BCUT2D eigenvalue weighted by atomic mass is 19.3. The van der Waals surface area contributed by atoms with Gasteiger partial charge in [0.25, 0.3) is 6.43 Å². The van der Waals surface area contributed by atoms with E-state index in [1.165, 1.54) is 19.2 Å². The largest absolute Gasteiger partial charge is 0.508 e. The van der Waals surface area contributed by atoms with Gasteiger partial charge in [-0.2, -0.15) is 0 Å². The molecule has 3 nitrogen and oxygen atoms in total. The summed E-state index contributed by atoms with van der Waals surface area (Å²) >= 11 is 0. The molecule has 0 radical (unpaired) electrons. The zero-order valence-corrected chi connectivity index (χ0v) is 8.86. The molecule has 1 aromatic rings. The molecule has 16 heavy (non-hydrogen) atoms. The van der Waals surface area contributed by atoms with E-state index < -0.39 is 18.9 Å². The molecule has 0 atom stereocenters. The smallest absolute Gasteiger partial charge is 0.255 e. The Morgan fingerprint density at radius 1 is 1.50 bits per heavy atom. The molecule has 1 rings (SSSR count). The van der Waals surface area contributed by atoms with Gasteiger partial charge in [-0.3, -0.25) is 4.79 Å². The minimum absolute atomic E-state index is 0.0115. The first-order chi connectivity index (χ1) is 7.49. The quantitative estimate of drug-likeness (QED) is 0.853. The van der Waals surface area contributed by atoms with Crippen molar-refractivity contribution in [1.29, 1.82) is 0 Å². The fourth-order valence-electron chi connectivity index (χ4n) is 1.28. The summed E-state index contributed by atoms with van der Waals surface area (Å²) in [4.78, 5) is 12.5. The van der Waals surface area contributed by atoms with Gasteiger partial charge in [0.05, 0.1) is 13.0 Å². The first kappa shape index (κ1) is 12.4. The van der Waals surface area contributed by atoms with Crippen molar-refractivity contribution in [2.45, 2.75) is 12.8 Å². The number of aromatic hydroxyl groups is 1. The third-order valence-electron chi connectivity index (χ3n) is 2.10. The van der Waals surface area contributed by atoms with Gasteiger partial charge in [-0.15, -0.1) is 0 Å². The van der Waals surface area contributed by atoms with Crippen molar-refractivity contribution in [1.82, 2.24) is 4.90 Å². The van der Waals surface area contributed by atoms with Gasteiger partial charge in [0.2, 0.25) is 5.91 Å². The highest BCUT2D eigenvalue weighted by Gasteiger charge is 2.14. The molecule has 0 aliphatic carbocycles. The van der Waals surface area contributed by atoms with Crippen molar-refractivity contribution in [3.8, 4) is 5.75 Å². The van der Waals surface area contributed by atoms with E-state index in [1.807, 2.05) is 0 Å². The van der Waals surface area contributed by atoms with E-state index in [-0.39, 0.29) is 12.2 Å². The van der Waals surface area contributed by atoms with Crippen molar-refractivity contribution >= 4 is 5.91 Å². The standard InChI is InChI=1S/C11H13F2NO2/c1-14(7-10(12)13)11(16)6-8-3-2-4-9(15)5-8/h2-5,10,15H,6-7H2,1H3. The first-order valence-corrected chi connectivity index (χ1v) is 4.79. The summed E-state index contributed by atoms with van der Waals surface area (Å²) in [5, 5.41) is 9.17. The minimum Gasteiger partial charge on any atom is -0.508 e. The number of halogens is 2. The molecule has 1 amide bonds. The number of phenolic OH excluding ortho intramolecular Hbond substituents is 1. The maximum absolute atomic E-state index is 12.0. The number of alkyl halides is 2. The summed E-state index contributed by atoms with van der Waals surface area (Å²) in [5.74, 6) is -0.340. The van der Waals surface area contributed by atoms with E-state index >= 15 is 0 Å². The van der Waals surface area contributed by atoms with Crippen molar-refractivity contribution in [2.75, 3.05) is 13.6 Å². The van der Waals surface area contributed by atoms with Crippen LogP contribution in [-0.2, 0) is 11.2 Å². The lowest BCUT2D eigenvalue weighted by Gasteiger charge is -2.16. The number of carbonyl (C=O) groups excluding carboxylic acids is 1. The Morgan fingerprint density at radius 2 is 2.19 bits per heavy atom. The molecule has 0 unspecified atom stereocenters. The third kappa shape index (κ3) is 3.84. The number of phenols is 1. The number of amides is 1. The topological polar surface area (TPSA) is 40.5 Å². The second-order valence-corrected chi connectivity index (χ2v) is 3.51. The van der Waals surface area contributed by atoms with Crippen molar-refractivity contribution in [3.05, 3.63) is 29.8 Å². The fraction of sp³-hybridized carbons (Fsp3) is 0.364. The predicted octanol–water partition coefficient (Wildman–Crippen LogP) is 1.66. The minimum atomic E-state index is -2.53. The van der Waals surface area contributed by atoms with Crippen LogP contribution in [0.1, 0.15) is 5.56 Å².